The SMILES string of the molecule is CC1(C)CCC2(C(=O)OC3OC(CO)C(O)C(O)C3O)C(O)CC3(C)C(=CCC4C5(C)CCC(OC6OCC(O)C(OC7OC(CO)C(O)C(O)C7O)C6OC6OC(CO)C(O)C(O)C6O)C(C)(C)C5CCC43C)C2C1. The average molecular weight is 1090 g/mol. The number of carbonyl (C=O) groups excluding carboxylic acids is 1. The third-order valence-electron chi connectivity index (χ3n) is 21.1. The van der Waals surface area contributed by atoms with Crippen molar-refractivity contribution in [3.63, 3.8) is 0 Å². The summed E-state index contributed by atoms with van der Waals surface area (Å²) >= 11 is 0. The van der Waals surface area contributed by atoms with Gasteiger partial charge in [-0.25, -0.2) is 0 Å². The molecule has 4 aliphatic heterocycles. The minimum absolute atomic E-state index is 0.0327. The van der Waals surface area contributed by atoms with Gasteiger partial charge < -0.3 is 109 Å². The van der Waals surface area contributed by atoms with Gasteiger partial charge in [-0.2, -0.15) is 0 Å². The van der Waals surface area contributed by atoms with Crippen LogP contribution in [0.3, 0.4) is 0 Å². The van der Waals surface area contributed by atoms with Gasteiger partial charge in [0, 0.05) is 0 Å². The molecule has 436 valence electrons. The Labute approximate surface area is 442 Å². The van der Waals surface area contributed by atoms with Crippen molar-refractivity contribution in [2.24, 2.45) is 50.2 Å². The first-order valence-corrected chi connectivity index (χ1v) is 27.3. The molecule has 4 saturated heterocycles. The van der Waals surface area contributed by atoms with Crippen LogP contribution in [0.25, 0.3) is 0 Å². The number of esters is 1. The molecule has 0 bridgehead atoms. The number of rotatable bonds is 11. The highest BCUT2D eigenvalue weighted by molar-refractivity contribution is 5.80. The topological polar surface area (TPSA) is 374 Å². The molecule has 28 unspecified atom stereocenters. The summed E-state index contributed by atoms with van der Waals surface area (Å²) < 4.78 is 48.5. The molecule has 23 heteroatoms. The minimum atomic E-state index is -1.89. The van der Waals surface area contributed by atoms with Gasteiger partial charge in [0.2, 0.25) is 6.29 Å². The lowest BCUT2D eigenvalue weighted by Gasteiger charge is -2.71. The van der Waals surface area contributed by atoms with E-state index in [0.717, 1.165) is 18.4 Å². The molecule has 0 amide bonds. The van der Waals surface area contributed by atoms with Crippen LogP contribution in [0.2, 0.25) is 0 Å². The average Bonchev–Trinajstić information content (AvgIpc) is 3.39. The summed E-state index contributed by atoms with van der Waals surface area (Å²) in [5.41, 5.74) is -2.41. The van der Waals surface area contributed by atoms with Crippen LogP contribution in [-0.2, 0) is 42.7 Å². The van der Waals surface area contributed by atoms with Gasteiger partial charge in [0.15, 0.2) is 18.9 Å². The van der Waals surface area contributed by atoms with E-state index in [2.05, 4.69) is 54.5 Å². The van der Waals surface area contributed by atoms with Crippen molar-refractivity contribution in [2.75, 3.05) is 26.4 Å². The van der Waals surface area contributed by atoms with Gasteiger partial charge in [0.25, 0.3) is 0 Å². The van der Waals surface area contributed by atoms with E-state index in [0.29, 0.717) is 38.5 Å². The lowest BCUT2D eigenvalue weighted by Crippen LogP contribution is -2.68. The maximum atomic E-state index is 14.8. The third-order valence-corrected chi connectivity index (χ3v) is 21.1. The van der Waals surface area contributed by atoms with E-state index >= 15 is 0 Å². The molecule has 0 aromatic rings. The van der Waals surface area contributed by atoms with Crippen LogP contribution in [0.4, 0.5) is 0 Å². The molecule has 9 aliphatic rings. The number of hydrogen-bond donors (Lipinski definition) is 14. The van der Waals surface area contributed by atoms with Gasteiger partial charge >= 0.3 is 5.97 Å². The maximum absolute atomic E-state index is 14.8. The highest BCUT2D eigenvalue weighted by Crippen LogP contribution is 2.76. The summed E-state index contributed by atoms with van der Waals surface area (Å²) in [6.07, 6.45) is -25.7. The smallest absolute Gasteiger partial charge is 0.317 e. The van der Waals surface area contributed by atoms with E-state index in [1.54, 1.807) is 0 Å². The molecule has 9 rings (SSSR count). The van der Waals surface area contributed by atoms with Gasteiger partial charge in [-0.15, -0.1) is 0 Å². The number of ether oxygens (including phenoxy) is 8. The summed E-state index contributed by atoms with van der Waals surface area (Å²) in [7, 11) is 0. The van der Waals surface area contributed by atoms with Crippen LogP contribution < -0.4 is 0 Å². The Bertz CT molecular complexity index is 2090. The van der Waals surface area contributed by atoms with E-state index < -0.39 is 183 Å². The first-order valence-electron chi connectivity index (χ1n) is 27.3. The standard InChI is InChI=1S/C53H86O23/c1-48(2)14-15-53(47(68)76-45-40(67)37(64)34(61)27(20-56)72-45)23(16-48)22-8-9-29-50(5)12-11-31(49(3,4)28(50)10-13-51(29,6)52(22,7)17-30(53)58)73-46-42(75-44-39(66)36(63)33(60)26(19-55)71-44)41(24(57)21-69-46)74-43-38(65)35(62)32(59)25(18-54)70-43/h8,23-46,54-67H,9-21H2,1-7H3. The molecular weight excluding hydrogens is 1000 g/mol. The first-order chi connectivity index (χ1) is 35.6. The summed E-state index contributed by atoms with van der Waals surface area (Å²) in [5, 5.41) is 150. The molecule has 76 heavy (non-hydrogen) atoms. The lowest BCUT2D eigenvalue weighted by molar-refractivity contribution is -0.389. The summed E-state index contributed by atoms with van der Waals surface area (Å²) in [4.78, 5) is 14.8. The normalized spacial score (nSPS) is 54.0. The van der Waals surface area contributed by atoms with E-state index in [9.17, 15) is 76.3 Å². The molecule has 0 radical (unpaired) electrons. The molecule has 4 heterocycles. The fourth-order valence-corrected chi connectivity index (χ4v) is 16.3. The Hall–Kier alpha value is -1.63. The van der Waals surface area contributed by atoms with E-state index in [1.165, 1.54) is 0 Å². The molecule has 8 fully saturated rings. The predicted molar refractivity (Wildman–Crippen MR) is 258 cm³/mol. The zero-order chi connectivity index (χ0) is 55.6. The van der Waals surface area contributed by atoms with E-state index in [-0.39, 0.29) is 34.5 Å². The molecule has 0 aromatic heterocycles. The highest BCUT2D eigenvalue weighted by Gasteiger charge is 2.72. The number of aliphatic hydroxyl groups excluding tert-OH is 14. The van der Waals surface area contributed by atoms with Crippen LogP contribution in [0.1, 0.15) is 106 Å². The summed E-state index contributed by atoms with van der Waals surface area (Å²) in [6, 6.07) is 0. The zero-order valence-electron chi connectivity index (χ0n) is 44.6. The maximum Gasteiger partial charge on any atom is 0.317 e. The van der Waals surface area contributed by atoms with Crippen LogP contribution >= 0.6 is 0 Å². The molecule has 14 N–H and O–H groups in total. The molecule has 0 aromatic carbocycles. The number of fused-ring (bicyclic) bond motifs is 7. The zero-order valence-corrected chi connectivity index (χ0v) is 44.6. The Balaban J connectivity index is 0.987. The van der Waals surface area contributed by atoms with Crippen molar-refractivity contribution in [1.29, 1.82) is 0 Å². The van der Waals surface area contributed by atoms with Crippen molar-refractivity contribution in [3.8, 4) is 0 Å². The summed E-state index contributed by atoms with van der Waals surface area (Å²) in [5.74, 6) is -1.10. The third kappa shape index (κ3) is 9.37. The number of allylic oxidation sites excluding steroid dienone is 2. The van der Waals surface area contributed by atoms with Crippen LogP contribution in [0.15, 0.2) is 11.6 Å². The lowest BCUT2D eigenvalue weighted by atomic mass is 9.33. The Morgan fingerprint density at radius 3 is 1.66 bits per heavy atom. The Morgan fingerprint density at radius 1 is 0.579 bits per heavy atom. The molecule has 28 atom stereocenters. The van der Waals surface area contributed by atoms with Crippen LogP contribution in [-0.4, -0.2) is 233 Å². The number of aliphatic hydroxyl groups is 14. The summed E-state index contributed by atoms with van der Waals surface area (Å²) in [6.45, 7) is 12.8. The van der Waals surface area contributed by atoms with Gasteiger partial charge in [-0.1, -0.05) is 60.1 Å². The monoisotopic (exact) mass is 1090 g/mol. The fourth-order valence-electron chi connectivity index (χ4n) is 16.3. The van der Waals surface area contributed by atoms with Crippen LogP contribution in [0.5, 0.6) is 0 Å². The second kappa shape index (κ2) is 21.3. The van der Waals surface area contributed by atoms with Crippen molar-refractivity contribution in [1.82, 2.24) is 0 Å². The predicted octanol–water partition coefficient (Wildman–Crippen LogP) is -2.43. The fraction of sp³-hybridized carbons (Fsp3) is 0.943. The molecular formula is C53H86O23. The van der Waals surface area contributed by atoms with E-state index in [4.69, 9.17) is 37.9 Å². The van der Waals surface area contributed by atoms with Gasteiger partial charge in [-0.3, -0.25) is 4.79 Å². The van der Waals surface area contributed by atoms with E-state index in [1.807, 2.05) is 0 Å². The van der Waals surface area contributed by atoms with Crippen LogP contribution in [0, 0.1) is 50.2 Å². The molecule has 5 aliphatic carbocycles. The van der Waals surface area contributed by atoms with Gasteiger partial charge in [0.05, 0.1) is 38.6 Å². The molecule has 23 nitrogen and oxygen atoms in total. The second-order valence-corrected chi connectivity index (χ2v) is 25.9. The molecule has 4 saturated carbocycles. The van der Waals surface area contributed by atoms with Crippen molar-refractivity contribution in [2.45, 2.75) is 235 Å². The van der Waals surface area contributed by atoms with Gasteiger partial charge in [-0.05, 0) is 103 Å². The van der Waals surface area contributed by atoms with Crippen molar-refractivity contribution in [3.05, 3.63) is 11.6 Å². The second-order valence-electron chi connectivity index (χ2n) is 25.9. The quantitative estimate of drug-likeness (QED) is 0.0581. The Kier molecular flexibility index (Phi) is 16.5. The van der Waals surface area contributed by atoms with Crippen molar-refractivity contribution >= 4 is 5.97 Å². The van der Waals surface area contributed by atoms with Gasteiger partial charge in [0.1, 0.15) is 97.0 Å². The first kappa shape index (κ1) is 59.0. The highest BCUT2D eigenvalue weighted by atomic mass is 16.8. The minimum Gasteiger partial charge on any atom is -0.432 e. The van der Waals surface area contributed by atoms with Crippen molar-refractivity contribution < 1.29 is 114 Å². The Morgan fingerprint density at radius 2 is 1.11 bits per heavy atom. The number of carbonyl (C=O) groups is 1. The largest absolute Gasteiger partial charge is 0.432 e. The number of hydrogen-bond acceptors (Lipinski definition) is 23. The molecule has 0 spiro atoms.